The maximum Gasteiger partial charge on any atom is 0.237 e. The third kappa shape index (κ3) is 3.80. The highest BCUT2D eigenvalue weighted by molar-refractivity contribution is 5.84. The molecule has 0 bridgehead atoms. The van der Waals surface area contributed by atoms with E-state index in [-0.39, 0.29) is 11.9 Å². The summed E-state index contributed by atoms with van der Waals surface area (Å²) in [7, 11) is 0. The summed E-state index contributed by atoms with van der Waals surface area (Å²) in [6.07, 6.45) is 1.60. The molecule has 0 aromatic carbocycles. The lowest BCUT2D eigenvalue weighted by molar-refractivity contribution is -0.124. The van der Waals surface area contributed by atoms with E-state index in [2.05, 4.69) is 24.3 Å². The van der Waals surface area contributed by atoms with Crippen molar-refractivity contribution in [2.24, 2.45) is 5.73 Å². The number of nitrogens with one attached hydrogen (secondary N) is 1. The third-order valence-electron chi connectivity index (χ3n) is 3.47. The summed E-state index contributed by atoms with van der Waals surface area (Å²) in [6.45, 7) is 10.8. The number of carbonyl (C=O) groups excluding carboxylic acids is 1. The van der Waals surface area contributed by atoms with Gasteiger partial charge in [-0.15, -0.1) is 0 Å². The molecular formula is C14H26N4O. The van der Waals surface area contributed by atoms with Gasteiger partial charge in [0, 0.05) is 5.69 Å². The molecule has 0 spiro atoms. The first-order chi connectivity index (χ1) is 8.80. The quantitative estimate of drug-likeness (QED) is 0.789. The highest BCUT2D eigenvalue weighted by Crippen LogP contribution is 2.22. The maximum atomic E-state index is 11.7. The van der Waals surface area contributed by atoms with Gasteiger partial charge in [0.25, 0.3) is 0 Å². The molecule has 1 heterocycles. The summed E-state index contributed by atoms with van der Waals surface area (Å²) in [4.78, 5) is 11.7. The van der Waals surface area contributed by atoms with Crippen LogP contribution in [-0.4, -0.2) is 27.8 Å². The van der Waals surface area contributed by atoms with Crippen molar-refractivity contribution in [2.45, 2.75) is 59.0 Å². The van der Waals surface area contributed by atoms with E-state index in [1.807, 2.05) is 31.5 Å². The Labute approximate surface area is 115 Å². The first kappa shape index (κ1) is 15.7. The van der Waals surface area contributed by atoms with Crippen LogP contribution in [0.2, 0.25) is 0 Å². The first-order valence-corrected chi connectivity index (χ1v) is 6.88. The molecule has 5 nitrogen and oxygen atoms in total. The Morgan fingerprint density at radius 3 is 2.63 bits per heavy atom. The molecule has 1 aromatic heterocycles. The van der Waals surface area contributed by atoms with Crippen LogP contribution in [0.3, 0.4) is 0 Å². The van der Waals surface area contributed by atoms with Crippen molar-refractivity contribution in [1.82, 2.24) is 15.1 Å². The molecule has 2 unspecified atom stereocenters. The average Bonchev–Trinajstić information content (AvgIpc) is 2.65. The summed E-state index contributed by atoms with van der Waals surface area (Å²) in [5.41, 5.74) is 6.95. The van der Waals surface area contributed by atoms with Crippen LogP contribution < -0.4 is 11.1 Å². The van der Waals surface area contributed by atoms with Gasteiger partial charge in [-0.2, -0.15) is 5.10 Å². The molecule has 0 aliphatic heterocycles. The Balaban J connectivity index is 2.84. The average molecular weight is 266 g/mol. The normalized spacial score (nSPS) is 16.1. The Morgan fingerprint density at radius 1 is 1.58 bits per heavy atom. The van der Waals surface area contributed by atoms with Gasteiger partial charge < -0.3 is 11.1 Å². The van der Waals surface area contributed by atoms with Gasteiger partial charge in [0.15, 0.2) is 0 Å². The summed E-state index contributed by atoms with van der Waals surface area (Å²) < 4.78 is 1.96. The second kappa shape index (κ2) is 6.19. The van der Waals surface area contributed by atoms with Gasteiger partial charge in [-0.3, -0.25) is 9.48 Å². The van der Waals surface area contributed by atoms with Gasteiger partial charge in [-0.1, -0.05) is 6.92 Å². The number of nitrogens with zero attached hydrogens (tertiary/aromatic N) is 2. The van der Waals surface area contributed by atoms with E-state index in [1.54, 1.807) is 0 Å². The van der Waals surface area contributed by atoms with Crippen molar-refractivity contribution >= 4 is 5.91 Å². The molecule has 3 N–H and O–H groups in total. The summed E-state index contributed by atoms with van der Waals surface area (Å²) in [6, 6.07) is 2.16. The Bertz CT molecular complexity index is 441. The molecule has 0 aliphatic carbocycles. The fourth-order valence-electron chi connectivity index (χ4n) is 2.43. The van der Waals surface area contributed by atoms with Crippen molar-refractivity contribution in [3.8, 4) is 0 Å². The Kier molecular flexibility index (Phi) is 5.11. The van der Waals surface area contributed by atoms with Crippen LogP contribution in [0.15, 0.2) is 6.07 Å². The highest BCUT2D eigenvalue weighted by atomic mass is 16.1. The molecule has 5 heteroatoms. The van der Waals surface area contributed by atoms with Crippen LogP contribution in [0.4, 0.5) is 0 Å². The molecular weight excluding hydrogens is 240 g/mol. The largest absolute Gasteiger partial charge is 0.368 e. The lowest BCUT2D eigenvalue weighted by Gasteiger charge is -2.30. The molecule has 1 aromatic rings. The van der Waals surface area contributed by atoms with Crippen molar-refractivity contribution in [3.05, 3.63) is 17.5 Å². The van der Waals surface area contributed by atoms with Gasteiger partial charge in [-0.05, 0) is 53.1 Å². The number of aryl methyl sites for hydroxylation is 2. The summed E-state index contributed by atoms with van der Waals surface area (Å²) >= 11 is 0. The maximum absolute atomic E-state index is 11.7. The summed E-state index contributed by atoms with van der Waals surface area (Å²) in [5.74, 6) is -0.311. The van der Waals surface area contributed by atoms with E-state index >= 15 is 0 Å². The Hall–Kier alpha value is -1.36. The van der Waals surface area contributed by atoms with Crippen molar-refractivity contribution in [2.75, 3.05) is 6.54 Å². The molecule has 108 valence electrons. The second-order valence-corrected chi connectivity index (χ2v) is 5.55. The number of rotatable bonds is 7. The molecule has 1 rings (SSSR count). The van der Waals surface area contributed by atoms with Crippen LogP contribution in [0.1, 0.15) is 51.0 Å². The number of primary amides is 1. The number of aromatic nitrogens is 2. The van der Waals surface area contributed by atoms with E-state index in [4.69, 9.17) is 5.73 Å². The smallest absolute Gasteiger partial charge is 0.237 e. The summed E-state index contributed by atoms with van der Waals surface area (Å²) in [5, 5.41) is 7.73. The van der Waals surface area contributed by atoms with Crippen molar-refractivity contribution in [1.29, 1.82) is 0 Å². The zero-order chi connectivity index (χ0) is 14.6. The zero-order valence-corrected chi connectivity index (χ0v) is 12.7. The Morgan fingerprint density at radius 2 is 2.21 bits per heavy atom. The van der Waals surface area contributed by atoms with E-state index in [1.165, 1.54) is 0 Å². The van der Waals surface area contributed by atoms with Crippen LogP contribution in [0.25, 0.3) is 0 Å². The number of amides is 1. The predicted molar refractivity (Wildman–Crippen MR) is 76.9 cm³/mol. The van der Waals surface area contributed by atoms with Crippen LogP contribution >= 0.6 is 0 Å². The second-order valence-electron chi connectivity index (χ2n) is 5.55. The van der Waals surface area contributed by atoms with Crippen LogP contribution in [0, 0.1) is 13.8 Å². The third-order valence-corrected chi connectivity index (χ3v) is 3.47. The van der Waals surface area contributed by atoms with E-state index in [0.717, 1.165) is 24.4 Å². The van der Waals surface area contributed by atoms with Gasteiger partial charge in [-0.25, -0.2) is 0 Å². The minimum absolute atomic E-state index is 0.121. The van der Waals surface area contributed by atoms with Gasteiger partial charge in [0.1, 0.15) is 0 Å². The van der Waals surface area contributed by atoms with E-state index < -0.39 is 5.54 Å². The van der Waals surface area contributed by atoms with Crippen LogP contribution in [-0.2, 0) is 4.79 Å². The molecule has 0 saturated heterocycles. The lowest BCUT2D eigenvalue weighted by Crippen LogP contribution is -2.54. The topological polar surface area (TPSA) is 72.9 Å². The zero-order valence-electron chi connectivity index (χ0n) is 12.7. The SMILES string of the molecule is CCCNC(C)(CC(C)n1nc(C)cc1C)C(N)=O. The molecule has 0 fully saturated rings. The van der Waals surface area contributed by atoms with E-state index in [0.29, 0.717) is 6.42 Å². The molecule has 0 radical (unpaired) electrons. The minimum atomic E-state index is -0.693. The first-order valence-electron chi connectivity index (χ1n) is 6.88. The van der Waals surface area contributed by atoms with Gasteiger partial charge in [0.05, 0.1) is 17.3 Å². The van der Waals surface area contributed by atoms with Crippen LogP contribution in [0.5, 0.6) is 0 Å². The number of nitrogens with two attached hydrogens (primary N) is 1. The molecule has 0 aliphatic rings. The van der Waals surface area contributed by atoms with Crippen molar-refractivity contribution in [3.63, 3.8) is 0 Å². The highest BCUT2D eigenvalue weighted by Gasteiger charge is 2.33. The molecule has 0 saturated carbocycles. The number of hydrogen-bond donors (Lipinski definition) is 2. The fourth-order valence-corrected chi connectivity index (χ4v) is 2.43. The molecule has 2 atom stereocenters. The number of carbonyl (C=O) groups is 1. The minimum Gasteiger partial charge on any atom is -0.368 e. The monoisotopic (exact) mass is 266 g/mol. The number of hydrogen-bond acceptors (Lipinski definition) is 3. The van der Waals surface area contributed by atoms with Gasteiger partial charge >= 0.3 is 0 Å². The fraction of sp³-hybridized carbons (Fsp3) is 0.714. The van der Waals surface area contributed by atoms with E-state index in [9.17, 15) is 4.79 Å². The molecule has 19 heavy (non-hydrogen) atoms. The lowest BCUT2D eigenvalue weighted by atomic mass is 9.92. The van der Waals surface area contributed by atoms with Crippen molar-refractivity contribution < 1.29 is 4.79 Å². The molecule has 1 amide bonds. The van der Waals surface area contributed by atoms with Gasteiger partial charge in [0.2, 0.25) is 5.91 Å². The standard InChI is InChI=1S/C14H26N4O/c1-6-7-16-14(5,13(15)19)9-12(4)18-11(3)8-10(2)17-18/h8,12,16H,6-7,9H2,1-5H3,(H2,15,19). The predicted octanol–water partition coefficient (Wildman–Crippen LogP) is 1.69.